The van der Waals surface area contributed by atoms with Crippen molar-refractivity contribution >= 4 is 20.8 Å². The number of benzene rings is 2. The van der Waals surface area contributed by atoms with Crippen molar-refractivity contribution in [1.29, 1.82) is 0 Å². The second kappa shape index (κ2) is 13.3. The molecule has 0 fully saturated rings. The summed E-state index contributed by atoms with van der Waals surface area (Å²) < 4.78 is 67.4. The van der Waals surface area contributed by atoms with Crippen LogP contribution in [0.3, 0.4) is 0 Å². The molecule has 0 N–H and O–H groups in total. The highest BCUT2D eigenvalue weighted by molar-refractivity contribution is 7.18. The molecule has 0 aliphatic carbocycles. The molecule has 1 aliphatic rings. The molecular formula is C26H33ClF3O5P. The van der Waals surface area contributed by atoms with E-state index in [1.807, 2.05) is 46.8 Å². The SMILES string of the molecule is CC.CC(C)=CCOc1cc(C)c(OCCCCOc2ccc3c(c2)OC(F)(F)C(F)(P)O3)c(Cl)c1. The van der Waals surface area contributed by atoms with Crippen molar-refractivity contribution < 1.29 is 36.9 Å². The van der Waals surface area contributed by atoms with E-state index < -0.39 is 11.7 Å². The third kappa shape index (κ3) is 8.10. The quantitative estimate of drug-likeness (QED) is 0.170. The number of unbranched alkanes of at least 4 members (excludes halogenated alkanes) is 1. The highest BCUT2D eigenvalue weighted by atomic mass is 35.5. The zero-order valence-electron chi connectivity index (χ0n) is 21.1. The van der Waals surface area contributed by atoms with Gasteiger partial charge >= 0.3 is 11.7 Å². The van der Waals surface area contributed by atoms with Crippen LogP contribution < -0.4 is 23.7 Å². The van der Waals surface area contributed by atoms with Crippen molar-refractivity contribution in [2.45, 2.75) is 59.2 Å². The summed E-state index contributed by atoms with van der Waals surface area (Å²) in [5, 5.41) is 0.472. The Kier molecular flexibility index (Phi) is 11.0. The van der Waals surface area contributed by atoms with Crippen LogP contribution in [0.15, 0.2) is 42.0 Å². The molecular weight excluding hydrogens is 516 g/mol. The van der Waals surface area contributed by atoms with Crippen LogP contribution in [0.2, 0.25) is 5.02 Å². The molecule has 0 spiro atoms. The van der Waals surface area contributed by atoms with Gasteiger partial charge in [0.25, 0.3) is 0 Å². The molecule has 2 atom stereocenters. The Hall–Kier alpha value is -2.31. The first-order chi connectivity index (χ1) is 17.0. The van der Waals surface area contributed by atoms with Gasteiger partial charge in [-0.05, 0) is 72.7 Å². The van der Waals surface area contributed by atoms with Crippen LogP contribution in [0.25, 0.3) is 0 Å². The largest absolute Gasteiger partial charge is 0.493 e. The molecule has 5 nitrogen and oxygen atoms in total. The van der Waals surface area contributed by atoms with Crippen molar-refractivity contribution in [2.75, 3.05) is 19.8 Å². The minimum Gasteiger partial charge on any atom is -0.493 e. The van der Waals surface area contributed by atoms with Gasteiger partial charge in [0.1, 0.15) is 23.9 Å². The molecule has 200 valence electrons. The van der Waals surface area contributed by atoms with E-state index >= 15 is 0 Å². The van der Waals surface area contributed by atoms with Gasteiger partial charge < -0.3 is 23.7 Å². The Labute approximate surface area is 218 Å². The standard InChI is InChI=1S/C24H27ClF3O5P.C2H6/c1-15(2)8-11-30-18-12-16(3)22(19(25)13-18)31-10-5-4-9-29-17-6-7-20-21(14-17)32-23(26,27)24(28,34)33-20;1-2/h6-8,12-14H,4-5,9-11,34H2,1-3H3;1-2H3. The molecule has 0 radical (unpaired) electrons. The van der Waals surface area contributed by atoms with Crippen molar-refractivity contribution in [1.82, 2.24) is 0 Å². The lowest BCUT2D eigenvalue weighted by molar-refractivity contribution is -0.299. The van der Waals surface area contributed by atoms with Gasteiger partial charge in [-0.15, -0.1) is 0 Å². The van der Waals surface area contributed by atoms with E-state index in [1.54, 1.807) is 6.07 Å². The van der Waals surface area contributed by atoms with E-state index in [0.717, 1.165) is 5.56 Å². The number of ether oxygens (including phenoxy) is 5. The summed E-state index contributed by atoms with van der Waals surface area (Å²) in [4.78, 5) is 0. The molecule has 3 rings (SSSR count). The molecule has 2 aromatic carbocycles. The van der Waals surface area contributed by atoms with Crippen LogP contribution >= 0.6 is 20.8 Å². The van der Waals surface area contributed by atoms with Crippen LogP contribution in [0.1, 0.15) is 46.1 Å². The molecule has 0 saturated heterocycles. The molecule has 2 unspecified atom stereocenters. The second-order valence-corrected chi connectivity index (χ2v) is 9.17. The van der Waals surface area contributed by atoms with E-state index in [4.69, 9.17) is 25.8 Å². The Morgan fingerprint density at radius 2 is 1.61 bits per heavy atom. The summed E-state index contributed by atoms with van der Waals surface area (Å²) in [6.45, 7) is 11.1. The number of alkyl halides is 3. The van der Waals surface area contributed by atoms with Crippen molar-refractivity contribution in [3.63, 3.8) is 0 Å². The van der Waals surface area contributed by atoms with Crippen molar-refractivity contribution in [3.8, 4) is 28.7 Å². The van der Waals surface area contributed by atoms with Crippen LogP contribution in [0.4, 0.5) is 13.2 Å². The number of halogens is 4. The minimum atomic E-state index is -4.14. The summed E-state index contributed by atoms with van der Waals surface area (Å²) in [6.07, 6.45) is -0.844. The fourth-order valence-corrected chi connectivity index (χ4v) is 3.50. The van der Waals surface area contributed by atoms with Crippen LogP contribution in [-0.2, 0) is 0 Å². The Morgan fingerprint density at radius 1 is 0.944 bits per heavy atom. The average Bonchev–Trinajstić information content (AvgIpc) is 2.79. The van der Waals surface area contributed by atoms with Crippen LogP contribution in [0, 0.1) is 6.92 Å². The number of rotatable bonds is 10. The van der Waals surface area contributed by atoms with E-state index in [0.29, 0.717) is 54.9 Å². The van der Waals surface area contributed by atoms with Crippen molar-refractivity contribution in [2.24, 2.45) is 0 Å². The van der Waals surface area contributed by atoms with E-state index in [9.17, 15) is 13.2 Å². The molecule has 1 heterocycles. The highest BCUT2D eigenvalue weighted by Gasteiger charge is 2.60. The number of hydrogen-bond acceptors (Lipinski definition) is 5. The summed E-state index contributed by atoms with van der Waals surface area (Å²) in [6, 6.07) is 7.65. The fourth-order valence-electron chi connectivity index (χ4n) is 3.01. The summed E-state index contributed by atoms with van der Waals surface area (Å²) in [5.41, 5.74) is -1.29. The van der Waals surface area contributed by atoms with Gasteiger partial charge in [-0.3, -0.25) is 0 Å². The number of aryl methyl sites for hydroxylation is 1. The molecule has 0 bridgehead atoms. The maximum absolute atomic E-state index is 13.8. The van der Waals surface area contributed by atoms with Crippen LogP contribution in [-0.4, -0.2) is 31.5 Å². The predicted molar refractivity (Wildman–Crippen MR) is 139 cm³/mol. The lowest BCUT2D eigenvalue weighted by atomic mass is 10.2. The third-order valence-corrected chi connectivity index (χ3v) is 5.54. The smallest absolute Gasteiger partial charge is 0.475 e. The maximum atomic E-state index is 13.8. The van der Waals surface area contributed by atoms with Crippen molar-refractivity contribution in [3.05, 3.63) is 52.6 Å². The highest BCUT2D eigenvalue weighted by Crippen LogP contribution is 2.50. The van der Waals surface area contributed by atoms with Gasteiger partial charge in [-0.1, -0.05) is 31.0 Å². The molecule has 10 heteroatoms. The zero-order chi connectivity index (χ0) is 26.9. The molecule has 2 aromatic rings. The van der Waals surface area contributed by atoms with Gasteiger partial charge in [-0.25, -0.2) is 0 Å². The monoisotopic (exact) mass is 548 g/mol. The first-order valence-corrected chi connectivity index (χ1v) is 12.6. The van der Waals surface area contributed by atoms with E-state index in [2.05, 4.69) is 9.47 Å². The Balaban J connectivity index is 0.00000222. The normalized spacial score (nSPS) is 17.4. The third-order valence-electron chi connectivity index (χ3n) is 4.81. The summed E-state index contributed by atoms with van der Waals surface area (Å²) >= 11 is 6.35. The zero-order valence-corrected chi connectivity index (χ0v) is 23.0. The lowest BCUT2D eigenvalue weighted by Gasteiger charge is -2.35. The molecule has 0 saturated carbocycles. The fraction of sp³-hybridized carbons (Fsp3) is 0.462. The van der Waals surface area contributed by atoms with E-state index in [-0.39, 0.29) is 11.5 Å². The number of hydrogen-bond donors (Lipinski definition) is 0. The summed E-state index contributed by atoms with van der Waals surface area (Å²) in [5.74, 6) is 1.15. The average molecular weight is 549 g/mol. The van der Waals surface area contributed by atoms with Gasteiger partial charge in [0.15, 0.2) is 11.5 Å². The number of fused-ring (bicyclic) bond motifs is 1. The number of allylic oxidation sites excluding steroid dienone is 1. The second-order valence-electron chi connectivity index (χ2n) is 8.02. The molecule has 1 aliphatic heterocycles. The lowest BCUT2D eigenvalue weighted by Crippen LogP contribution is -2.50. The van der Waals surface area contributed by atoms with Gasteiger partial charge in [-0.2, -0.15) is 13.2 Å². The maximum Gasteiger partial charge on any atom is 0.475 e. The van der Waals surface area contributed by atoms with Gasteiger partial charge in [0.2, 0.25) is 0 Å². The first-order valence-electron chi connectivity index (χ1n) is 11.7. The predicted octanol–water partition coefficient (Wildman–Crippen LogP) is 8.12. The van der Waals surface area contributed by atoms with Gasteiger partial charge in [0, 0.05) is 12.1 Å². The minimum absolute atomic E-state index is 0.134. The van der Waals surface area contributed by atoms with Crippen LogP contribution in [0.5, 0.6) is 28.7 Å². The van der Waals surface area contributed by atoms with Gasteiger partial charge in [0.05, 0.1) is 18.2 Å². The topological polar surface area (TPSA) is 46.2 Å². The Bertz CT molecular complexity index is 1020. The molecule has 0 amide bonds. The van der Waals surface area contributed by atoms with E-state index in [1.165, 1.54) is 33.0 Å². The Morgan fingerprint density at radius 3 is 2.25 bits per heavy atom. The summed E-state index contributed by atoms with van der Waals surface area (Å²) in [7, 11) is 1.32. The molecule has 0 aromatic heterocycles. The molecule has 36 heavy (non-hydrogen) atoms. The first kappa shape index (κ1) is 29.9.